The van der Waals surface area contributed by atoms with E-state index < -0.39 is 8.60 Å². The number of para-hydroxylation sites is 3. The first-order chi connectivity index (χ1) is 19.8. The van der Waals surface area contributed by atoms with Crippen LogP contribution in [0.15, 0.2) is 78.9 Å². The number of unbranched alkanes of at least 4 members (excludes halogenated alkanes) is 12. The van der Waals surface area contributed by atoms with Crippen molar-refractivity contribution >= 4 is 8.60 Å². The van der Waals surface area contributed by atoms with Crippen molar-refractivity contribution in [2.75, 3.05) is 0 Å². The second-order valence-corrected chi connectivity index (χ2v) is 11.8. The summed E-state index contributed by atoms with van der Waals surface area (Å²) in [6.07, 6.45) is 20.2. The molecule has 0 aromatic heterocycles. The predicted octanol–water partition coefficient (Wildman–Crippen LogP) is 12.0. The Morgan fingerprint density at radius 2 is 0.825 bits per heavy atom. The minimum atomic E-state index is -1.68. The van der Waals surface area contributed by atoms with Crippen LogP contribution in [0.1, 0.15) is 115 Å². The molecule has 0 unspecified atom stereocenters. The maximum absolute atomic E-state index is 6.52. The fourth-order valence-corrected chi connectivity index (χ4v) is 6.01. The van der Waals surface area contributed by atoms with Crippen molar-refractivity contribution < 1.29 is 13.6 Å². The minimum absolute atomic E-state index is 0.753. The van der Waals surface area contributed by atoms with Crippen molar-refractivity contribution in [3.63, 3.8) is 0 Å². The van der Waals surface area contributed by atoms with Gasteiger partial charge in [-0.05, 0) is 61.1 Å². The van der Waals surface area contributed by atoms with Gasteiger partial charge in [0, 0.05) is 0 Å². The zero-order chi connectivity index (χ0) is 28.1. The van der Waals surface area contributed by atoms with Crippen molar-refractivity contribution in [3.8, 4) is 17.2 Å². The van der Waals surface area contributed by atoms with Gasteiger partial charge >= 0.3 is 8.60 Å². The van der Waals surface area contributed by atoms with Gasteiger partial charge in [0.15, 0.2) is 0 Å². The van der Waals surface area contributed by atoms with Gasteiger partial charge in [-0.2, -0.15) is 0 Å². The lowest BCUT2D eigenvalue weighted by molar-refractivity contribution is 0.384. The van der Waals surface area contributed by atoms with Crippen LogP contribution in [0, 0.1) is 0 Å². The number of hydrogen-bond donors (Lipinski definition) is 0. The van der Waals surface area contributed by atoms with E-state index >= 15 is 0 Å². The molecule has 0 fully saturated rings. The van der Waals surface area contributed by atoms with Crippen LogP contribution in [0.5, 0.6) is 17.2 Å². The van der Waals surface area contributed by atoms with Crippen LogP contribution in [0.3, 0.4) is 0 Å². The Balaban J connectivity index is 1.63. The van der Waals surface area contributed by atoms with Gasteiger partial charge in [0.2, 0.25) is 0 Å². The minimum Gasteiger partial charge on any atom is -0.409 e. The molecule has 40 heavy (non-hydrogen) atoms. The van der Waals surface area contributed by atoms with Crippen LogP contribution < -0.4 is 13.6 Å². The maximum Gasteiger partial charge on any atom is 0.530 e. The first kappa shape index (κ1) is 32.0. The molecule has 4 heteroatoms. The van der Waals surface area contributed by atoms with E-state index in [1.807, 2.05) is 54.6 Å². The second-order valence-electron chi connectivity index (χ2n) is 10.8. The molecule has 218 valence electrons. The summed E-state index contributed by atoms with van der Waals surface area (Å²) in [5, 5.41) is 0. The third kappa shape index (κ3) is 12.8. The van der Waals surface area contributed by atoms with Crippen LogP contribution in [0.25, 0.3) is 0 Å². The van der Waals surface area contributed by atoms with E-state index in [1.54, 1.807) is 0 Å². The van der Waals surface area contributed by atoms with Crippen LogP contribution in [0.2, 0.25) is 0 Å². The Morgan fingerprint density at radius 3 is 1.30 bits per heavy atom. The highest BCUT2D eigenvalue weighted by atomic mass is 31.2. The molecular formula is C36H51O3P. The van der Waals surface area contributed by atoms with E-state index in [4.69, 9.17) is 13.6 Å². The van der Waals surface area contributed by atoms with E-state index in [2.05, 4.69) is 38.1 Å². The highest BCUT2D eigenvalue weighted by Crippen LogP contribution is 2.44. The molecule has 0 saturated heterocycles. The molecule has 3 nitrogen and oxygen atoms in total. The topological polar surface area (TPSA) is 27.7 Å². The fourth-order valence-electron chi connectivity index (χ4n) is 4.93. The summed E-state index contributed by atoms with van der Waals surface area (Å²) in [5.41, 5.74) is 2.44. The van der Waals surface area contributed by atoms with E-state index in [0.717, 1.165) is 30.1 Å². The van der Waals surface area contributed by atoms with Crippen LogP contribution in [0.4, 0.5) is 0 Å². The van der Waals surface area contributed by atoms with E-state index in [1.165, 1.54) is 101 Å². The molecule has 0 heterocycles. The van der Waals surface area contributed by atoms with Gasteiger partial charge in [-0.15, -0.1) is 0 Å². The van der Waals surface area contributed by atoms with Crippen molar-refractivity contribution in [2.45, 2.75) is 117 Å². The molecule has 0 aliphatic rings. The van der Waals surface area contributed by atoms with Crippen LogP contribution >= 0.6 is 8.60 Å². The molecule has 0 spiro atoms. The Kier molecular flexibility index (Phi) is 16.3. The summed E-state index contributed by atoms with van der Waals surface area (Å²) < 4.78 is 19.4. The zero-order valence-corrected chi connectivity index (χ0v) is 25.9. The van der Waals surface area contributed by atoms with Crippen LogP contribution in [-0.4, -0.2) is 0 Å². The lowest BCUT2D eigenvalue weighted by Crippen LogP contribution is -2.05. The van der Waals surface area contributed by atoms with Gasteiger partial charge in [0.25, 0.3) is 0 Å². The molecule has 0 atom stereocenters. The third-order valence-electron chi connectivity index (χ3n) is 7.31. The van der Waals surface area contributed by atoms with Gasteiger partial charge in [-0.3, -0.25) is 0 Å². The Morgan fingerprint density at radius 1 is 0.425 bits per heavy atom. The Bertz CT molecular complexity index is 975. The first-order valence-corrected chi connectivity index (χ1v) is 16.9. The fraction of sp³-hybridized carbons (Fsp3) is 0.500. The van der Waals surface area contributed by atoms with E-state index in [-0.39, 0.29) is 0 Å². The molecule has 0 aliphatic carbocycles. The molecule has 0 saturated carbocycles. The summed E-state index contributed by atoms with van der Waals surface area (Å²) in [7, 11) is -1.68. The summed E-state index contributed by atoms with van der Waals surface area (Å²) in [6.45, 7) is 4.54. The molecule has 3 aromatic carbocycles. The monoisotopic (exact) mass is 562 g/mol. The average Bonchev–Trinajstić information content (AvgIpc) is 2.98. The maximum atomic E-state index is 6.52. The Labute approximate surface area is 245 Å². The number of benzene rings is 3. The summed E-state index contributed by atoms with van der Waals surface area (Å²) in [5.74, 6) is 2.47. The zero-order valence-electron chi connectivity index (χ0n) is 25.0. The number of hydrogen-bond acceptors (Lipinski definition) is 3. The lowest BCUT2D eigenvalue weighted by Gasteiger charge is -2.21. The molecule has 3 rings (SSSR count). The lowest BCUT2D eigenvalue weighted by atomic mass is 10.0. The Hall–Kier alpha value is -2.51. The third-order valence-corrected chi connectivity index (χ3v) is 8.36. The molecule has 0 radical (unpaired) electrons. The smallest absolute Gasteiger partial charge is 0.409 e. The largest absolute Gasteiger partial charge is 0.530 e. The number of rotatable bonds is 22. The van der Waals surface area contributed by atoms with Crippen molar-refractivity contribution in [2.24, 2.45) is 0 Å². The molecule has 0 N–H and O–H groups in total. The predicted molar refractivity (Wildman–Crippen MR) is 172 cm³/mol. The van der Waals surface area contributed by atoms with Gasteiger partial charge in [0.05, 0.1) is 0 Å². The molecule has 0 bridgehead atoms. The standard InChI is InChI=1S/C36H51O3P/c1-3-5-7-9-11-13-16-24-32-26-20-22-30-35(32)38-40(37-34-28-18-15-19-29-34)39-36-31-23-21-27-33(36)25-17-14-12-10-8-6-4-2/h15,18-23,26-31H,3-14,16-17,24-25H2,1-2H3. The van der Waals surface area contributed by atoms with E-state index in [9.17, 15) is 0 Å². The highest BCUT2D eigenvalue weighted by Gasteiger charge is 2.22. The summed E-state index contributed by atoms with van der Waals surface area (Å²) >= 11 is 0. The SMILES string of the molecule is CCCCCCCCCc1ccccc1OP(Oc1ccccc1)Oc1ccccc1CCCCCCCCC. The van der Waals surface area contributed by atoms with Gasteiger partial charge in [-0.1, -0.05) is 145 Å². The quantitative estimate of drug-likeness (QED) is 0.0900. The molecular weight excluding hydrogens is 511 g/mol. The normalized spacial score (nSPS) is 11.1. The van der Waals surface area contributed by atoms with Gasteiger partial charge in [-0.25, -0.2) is 0 Å². The first-order valence-electron chi connectivity index (χ1n) is 15.8. The summed E-state index contributed by atoms with van der Waals surface area (Å²) in [6, 6.07) is 26.6. The number of aryl methyl sites for hydroxylation is 2. The highest BCUT2D eigenvalue weighted by molar-refractivity contribution is 7.43. The van der Waals surface area contributed by atoms with Crippen molar-refractivity contribution in [1.29, 1.82) is 0 Å². The van der Waals surface area contributed by atoms with E-state index in [0.29, 0.717) is 0 Å². The van der Waals surface area contributed by atoms with Gasteiger partial charge in [0.1, 0.15) is 17.2 Å². The second kappa shape index (κ2) is 20.4. The molecule has 0 aliphatic heterocycles. The summed E-state index contributed by atoms with van der Waals surface area (Å²) in [4.78, 5) is 0. The average molecular weight is 563 g/mol. The van der Waals surface area contributed by atoms with Gasteiger partial charge < -0.3 is 13.6 Å². The van der Waals surface area contributed by atoms with Crippen LogP contribution in [-0.2, 0) is 12.8 Å². The molecule has 0 amide bonds. The van der Waals surface area contributed by atoms with Crippen molar-refractivity contribution in [1.82, 2.24) is 0 Å². The molecule has 3 aromatic rings. The van der Waals surface area contributed by atoms with Crippen molar-refractivity contribution in [3.05, 3.63) is 90.0 Å².